The van der Waals surface area contributed by atoms with E-state index in [9.17, 15) is 0 Å². The van der Waals surface area contributed by atoms with Gasteiger partial charge in [-0.15, -0.1) is 0 Å². The van der Waals surface area contributed by atoms with E-state index in [0.29, 0.717) is 0 Å². The van der Waals surface area contributed by atoms with Crippen molar-refractivity contribution in [3.05, 3.63) is 41.0 Å². The van der Waals surface area contributed by atoms with Gasteiger partial charge in [0.25, 0.3) is 0 Å². The second-order valence-corrected chi connectivity index (χ2v) is 5.70. The molecule has 110 valence electrons. The number of rotatable bonds is 4. The summed E-state index contributed by atoms with van der Waals surface area (Å²) in [6, 6.07) is 6.72. The van der Waals surface area contributed by atoms with Crippen molar-refractivity contribution in [1.82, 2.24) is 5.32 Å². The number of hydrogen-bond acceptors (Lipinski definition) is 2. The molecule has 1 N–H and O–H groups in total. The zero-order valence-electron chi connectivity index (χ0n) is 13.0. The summed E-state index contributed by atoms with van der Waals surface area (Å²) < 4.78 is 5.56. The molecule has 0 saturated carbocycles. The summed E-state index contributed by atoms with van der Waals surface area (Å²) in [5.74, 6) is 0.984. The van der Waals surface area contributed by atoms with Gasteiger partial charge >= 0.3 is 0 Å². The zero-order chi connectivity index (χ0) is 14.4. The van der Waals surface area contributed by atoms with E-state index in [1.165, 1.54) is 55.2 Å². The fraction of sp³-hybridized carbons (Fsp3) is 0.556. The highest BCUT2D eigenvalue weighted by Gasteiger charge is 2.19. The number of hydrogen-bond donors (Lipinski definition) is 1. The maximum absolute atomic E-state index is 5.56. The number of methoxy groups -OCH3 is 1. The minimum Gasteiger partial charge on any atom is -0.496 e. The average Bonchev–Trinajstić information content (AvgIpc) is 2.42. The van der Waals surface area contributed by atoms with Crippen LogP contribution < -0.4 is 10.1 Å². The van der Waals surface area contributed by atoms with Gasteiger partial charge in [-0.1, -0.05) is 42.2 Å². The van der Waals surface area contributed by atoms with Crippen LogP contribution in [0, 0.1) is 6.92 Å². The van der Waals surface area contributed by atoms with Gasteiger partial charge in [0.05, 0.1) is 13.2 Å². The van der Waals surface area contributed by atoms with Crippen molar-refractivity contribution in [2.75, 3.05) is 14.2 Å². The quantitative estimate of drug-likeness (QED) is 0.813. The molecule has 0 radical (unpaired) electrons. The fourth-order valence-electron chi connectivity index (χ4n) is 3.10. The van der Waals surface area contributed by atoms with Crippen molar-refractivity contribution in [2.45, 2.75) is 51.5 Å². The van der Waals surface area contributed by atoms with E-state index in [4.69, 9.17) is 4.74 Å². The van der Waals surface area contributed by atoms with Crippen molar-refractivity contribution in [2.24, 2.45) is 0 Å². The number of ether oxygens (including phenoxy) is 1. The molecule has 0 amide bonds. The summed E-state index contributed by atoms with van der Waals surface area (Å²) in [5.41, 5.74) is 4.07. The molecule has 0 aromatic heterocycles. The van der Waals surface area contributed by atoms with Crippen LogP contribution in [0.1, 0.15) is 55.7 Å². The third-order valence-corrected chi connectivity index (χ3v) is 4.18. The molecule has 1 aliphatic rings. The Hall–Kier alpha value is -1.28. The number of benzene rings is 1. The second kappa shape index (κ2) is 7.49. The molecule has 0 saturated heterocycles. The zero-order valence-corrected chi connectivity index (χ0v) is 13.0. The number of nitrogens with one attached hydrogen (secondary N) is 1. The SMILES string of the molecule is CNC(/C1=C/CCCCCC1)c1cc(C)ccc1OC. The van der Waals surface area contributed by atoms with Crippen molar-refractivity contribution >= 4 is 0 Å². The predicted octanol–water partition coefficient (Wildman–Crippen LogP) is 4.54. The van der Waals surface area contributed by atoms with Gasteiger partial charge in [-0.2, -0.15) is 0 Å². The molecule has 1 aromatic carbocycles. The molecule has 2 heteroatoms. The van der Waals surface area contributed by atoms with E-state index >= 15 is 0 Å². The van der Waals surface area contributed by atoms with Gasteiger partial charge < -0.3 is 10.1 Å². The largest absolute Gasteiger partial charge is 0.496 e. The first-order valence-electron chi connectivity index (χ1n) is 7.77. The minimum absolute atomic E-state index is 0.281. The lowest BCUT2D eigenvalue weighted by atomic mass is 9.90. The maximum Gasteiger partial charge on any atom is 0.123 e. The van der Waals surface area contributed by atoms with Gasteiger partial charge in [0, 0.05) is 5.56 Å². The highest BCUT2D eigenvalue weighted by atomic mass is 16.5. The Labute approximate surface area is 123 Å². The van der Waals surface area contributed by atoms with E-state index in [0.717, 1.165) is 5.75 Å². The molecule has 0 fully saturated rings. The molecule has 0 aliphatic heterocycles. The molecule has 20 heavy (non-hydrogen) atoms. The lowest BCUT2D eigenvalue weighted by Crippen LogP contribution is -2.20. The molecule has 1 aromatic rings. The van der Waals surface area contributed by atoms with Crippen LogP contribution in [-0.4, -0.2) is 14.2 Å². The topological polar surface area (TPSA) is 21.3 Å². The normalized spacial score (nSPS) is 20.4. The Bertz CT molecular complexity index is 464. The third-order valence-electron chi connectivity index (χ3n) is 4.18. The van der Waals surface area contributed by atoms with Crippen LogP contribution in [0.2, 0.25) is 0 Å². The van der Waals surface area contributed by atoms with Crippen LogP contribution in [0.4, 0.5) is 0 Å². The summed E-state index contributed by atoms with van der Waals surface area (Å²) in [7, 11) is 3.81. The Balaban J connectivity index is 2.33. The monoisotopic (exact) mass is 273 g/mol. The summed E-state index contributed by atoms with van der Waals surface area (Å²) in [5, 5.41) is 3.49. The highest BCUT2D eigenvalue weighted by Crippen LogP contribution is 2.34. The van der Waals surface area contributed by atoms with Crippen LogP contribution in [0.15, 0.2) is 29.8 Å². The maximum atomic E-state index is 5.56. The average molecular weight is 273 g/mol. The summed E-state index contributed by atoms with van der Waals surface area (Å²) in [6.07, 6.45) is 10.2. The first kappa shape index (κ1) is 15.1. The molecule has 0 spiro atoms. The molecular formula is C18H27NO. The van der Waals surface area contributed by atoms with Crippen LogP contribution in [0.25, 0.3) is 0 Å². The summed E-state index contributed by atoms with van der Waals surface area (Å²) in [6.45, 7) is 2.14. The van der Waals surface area contributed by atoms with E-state index in [1.807, 2.05) is 7.05 Å². The lowest BCUT2D eigenvalue weighted by Gasteiger charge is -2.24. The summed E-state index contributed by atoms with van der Waals surface area (Å²) in [4.78, 5) is 0. The first-order valence-corrected chi connectivity index (χ1v) is 7.77. The van der Waals surface area contributed by atoms with Gasteiger partial charge in [-0.3, -0.25) is 0 Å². The van der Waals surface area contributed by atoms with Gasteiger partial charge in [0.2, 0.25) is 0 Å². The van der Waals surface area contributed by atoms with E-state index in [2.05, 4.69) is 36.5 Å². The second-order valence-electron chi connectivity index (χ2n) is 5.70. The van der Waals surface area contributed by atoms with E-state index < -0.39 is 0 Å². The van der Waals surface area contributed by atoms with Gasteiger partial charge in [0.15, 0.2) is 0 Å². The number of likely N-dealkylation sites (N-methyl/N-ethyl adjacent to an activating group) is 1. The molecule has 2 rings (SSSR count). The molecule has 0 bridgehead atoms. The van der Waals surface area contributed by atoms with Crippen molar-refractivity contribution in [3.63, 3.8) is 0 Å². The first-order chi connectivity index (χ1) is 9.76. The smallest absolute Gasteiger partial charge is 0.123 e. The standard InChI is InChI=1S/C18H27NO/c1-14-11-12-17(20-3)16(13-14)18(19-2)15-9-7-5-4-6-8-10-15/h9,11-13,18-19H,4-8,10H2,1-3H3/b15-9+. The fourth-order valence-corrected chi connectivity index (χ4v) is 3.10. The van der Waals surface area contributed by atoms with Crippen LogP contribution in [0.5, 0.6) is 5.75 Å². The minimum atomic E-state index is 0.281. The highest BCUT2D eigenvalue weighted by molar-refractivity contribution is 5.42. The van der Waals surface area contributed by atoms with E-state index in [1.54, 1.807) is 7.11 Å². The van der Waals surface area contributed by atoms with Gasteiger partial charge in [-0.25, -0.2) is 0 Å². The number of allylic oxidation sites excluding steroid dienone is 1. The molecule has 1 unspecified atom stereocenters. The molecule has 1 aliphatic carbocycles. The van der Waals surface area contributed by atoms with Gasteiger partial charge in [-0.05, 0) is 45.7 Å². The predicted molar refractivity (Wildman–Crippen MR) is 85.3 cm³/mol. The Morgan fingerprint density at radius 3 is 2.70 bits per heavy atom. The molecular weight excluding hydrogens is 246 g/mol. The Kier molecular flexibility index (Phi) is 5.66. The van der Waals surface area contributed by atoms with Crippen LogP contribution in [-0.2, 0) is 0 Å². The molecule has 0 heterocycles. The van der Waals surface area contributed by atoms with Crippen molar-refractivity contribution in [3.8, 4) is 5.75 Å². The van der Waals surface area contributed by atoms with Crippen LogP contribution in [0.3, 0.4) is 0 Å². The van der Waals surface area contributed by atoms with Crippen molar-refractivity contribution < 1.29 is 4.74 Å². The van der Waals surface area contributed by atoms with Crippen LogP contribution >= 0.6 is 0 Å². The molecule has 2 nitrogen and oxygen atoms in total. The van der Waals surface area contributed by atoms with Gasteiger partial charge in [0.1, 0.15) is 5.75 Å². The Morgan fingerprint density at radius 1 is 1.15 bits per heavy atom. The van der Waals surface area contributed by atoms with Crippen molar-refractivity contribution in [1.29, 1.82) is 0 Å². The summed E-state index contributed by atoms with van der Waals surface area (Å²) >= 11 is 0. The van der Waals surface area contributed by atoms with E-state index in [-0.39, 0.29) is 6.04 Å². The number of aryl methyl sites for hydroxylation is 1. The molecule has 1 atom stereocenters. The Morgan fingerprint density at radius 2 is 1.95 bits per heavy atom. The lowest BCUT2D eigenvalue weighted by molar-refractivity contribution is 0.404. The third kappa shape index (κ3) is 3.63.